The molecule has 1 rings (SSSR count). The third-order valence-electron chi connectivity index (χ3n) is 4.71. The number of rotatable bonds is 10. The van der Waals surface area contributed by atoms with Crippen molar-refractivity contribution in [2.75, 3.05) is 31.9 Å². The summed E-state index contributed by atoms with van der Waals surface area (Å²) in [7, 11) is 0. The van der Waals surface area contributed by atoms with Crippen molar-refractivity contribution in [3.05, 3.63) is 78.4 Å². The van der Waals surface area contributed by atoms with Crippen molar-refractivity contribution in [2.45, 2.75) is 20.8 Å². The van der Waals surface area contributed by atoms with Gasteiger partial charge in [-0.3, -0.25) is 9.59 Å². The Kier molecular flexibility index (Phi) is 8.45. The molecule has 1 aromatic rings. The molecule has 1 aromatic carbocycles. The molecule has 0 saturated heterocycles. The largest absolute Gasteiger partial charge is 0.398 e. The molecule has 2 N–H and O–H groups in total. The van der Waals surface area contributed by atoms with Crippen molar-refractivity contribution in [3.63, 3.8) is 0 Å². The van der Waals surface area contributed by atoms with E-state index in [1.165, 1.54) is 0 Å². The molecule has 0 fully saturated rings. The van der Waals surface area contributed by atoms with Gasteiger partial charge in [-0.2, -0.15) is 0 Å². The molecule has 0 aromatic heterocycles. The topological polar surface area (TPSA) is 66.6 Å². The average molecular weight is 382 g/mol. The highest BCUT2D eigenvalue weighted by Gasteiger charge is 2.28. The van der Waals surface area contributed by atoms with Gasteiger partial charge in [0.2, 0.25) is 0 Å². The van der Waals surface area contributed by atoms with Gasteiger partial charge in [0.15, 0.2) is 0 Å². The number of carbonyl (C=O) groups is 2. The van der Waals surface area contributed by atoms with Crippen LogP contribution in [0, 0.1) is 20.8 Å². The number of benzene rings is 1. The molecule has 0 unspecified atom stereocenters. The van der Waals surface area contributed by atoms with Crippen LogP contribution < -0.4 is 5.73 Å². The first-order valence-corrected chi connectivity index (χ1v) is 9.18. The Morgan fingerprint density at radius 2 is 1.00 bits per heavy atom. The number of anilines is 1. The molecule has 28 heavy (non-hydrogen) atoms. The van der Waals surface area contributed by atoms with E-state index in [4.69, 9.17) is 5.73 Å². The zero-order chi connectivity index (χ0) is 21.4. The van der Waals surface area contributed by atoms with Crippen LogP contribution in [0.25, 0.3) is 0 Å². The second-order valence-corrected chi connectivity index (χ2v) is 6.61. The average Bonchev–Trinajstić information content (AvgIpc) is 2.66. The second-order valence-electron chi connectivity index (χ2n) is 6.61. The Labute approximate surface area is 168 Å². The Morgan fingerprint density at radius 1 is 0.714 bits per heavy atom. The number of nitrogens with two attached hydrogens (primary N) is 1. The maximum Gasteiger partial charge on any atom is 0.255 e. The molecule has 0 saturated carbocycles. The summed E-state index contributed by atoms with van der Waals surface area (Å²) >= 11 is 0. The van der Waals surface area contributed by atoms with Gasteiger partial charge in [-0.25, -0.2) is 0 Å². The minimum atomic E-state index is -0.199. The van der Waals surface area contributed by atoms with Crippen LogP contribution in [0.2, 0.25) is 0 Å². The zero-order valence-electron chi connectivity index (χ0n) is 17.3. The van der Waals surface area contributed by atoms with Crippen LogP contribution in [0.1, 0.15) is 37.4 Å². The molecule has 0 atom stereocenters. The van der Waals surface area contributed by atoms with Crippen LogP contribution in [0.3, 0.4) is 0 Å². The van der Waals surface area contributed by atoms with Crippen LogP contribution in [0.15, 0.2) is 50.6 Å². The van der Waals surface area contributed by atoms with Crippen LogP contribution in [0.5, 0.6) is 0 Å². The molecule has 0 spiro atoms. The van der Waals surface area contributed by atoms with E-state index >= 15 is 0 Å². The molecule has 5 heteroatoms. The van der Waals surface area contributed by atoms with Gasteiger partial charge in [-0.15, -0.1) is 26.3 Å². The molecule has 0 aliphatic heterocycles. The first kappa shape index (κ1) is 23.0. The molecule has 0 heterocycles. The van der Waals surface area contributed by atoms with E-state index in [2.05, 4.69) is 26.3 Å². The maximum absolute atomic E-state index is 13.2. The molecule has 2 amide bonds. The van der Waals surface area contributed by atoms with Gasteiger partial charge in [0.05, 0.1) is 0 Å². The standard InChI is InChI=1S/C23H31N3O2/c1-8-12-25(13-9-2)22(27)19-16(5)20(18(7)21(24)17(19)6)23(28)26(14-10-3)15-11-4/h8-11H,1-4,12-15,24H2,5-7H3. The fraction of sp³-hybridized carbons (Fsp3) is 0.304. The fourth-order valence-electron chi connectivity index (χ4n) is 3.30. The highest BCUT2D eigenvalue weighted by molar-refractivity contribution is 6.06. The summed E-state index contributed by atoms with van der Waals surface area (Å²) in [6, 6.07) is 0. The number of nitrogen functional groups attached to an aromatic ring is 1. The predicted molar refractivity (Wildman–Crippen MR) is 118 cm³/mol. The molecule has 0 bridgehead atoms. The molecule has 0 radical (unpaired) electrons. The number of carbonyl (C=O) groups excluding carboxylic acids is 2. The third-order valence-corrected chi connectivity index (χ3v) is 4.71. The molecule has 0 aliphatic carbocycles. The predicted octanol–water partition coefficient (Wildman–Crippen LogP) is 3.82. The van der Waals surface area contributed by atoms with Gasteiger partial charge in [0.1, 0.15) is 0 Å². The van der Waals surface area contributed by atoms with Crippen LogP contribution in [0.4, 0.5) is 5.69 Å². The third kappa shape index (κ3) is 4.60. The highest BCUT2D eigenvalue weighted by atomic mass is 16.2. The van der Waals surface area contributed by atoms with Gasteiger partial charge in [-0.1, -0.05) is 24.3 Å². The Morgan fingerprint density at radius 3 is 1.25 bits per heavy atom. The summed E-state index contributed by atoms with van der Waals surface area (Å²) < 4.78 is 0. The number of nitrogens with zero attached hydrogens (tertiary/aromatic N) is 2. The summed E-state index contributed by atoms with van der Waals surface area (Å²) in [6.45, 7) is 21.8. The molecular formula is C23H31N3O2. The highest BCUT2D eigenvalue weighted by Crippen LogP contribution is 2.31. The SMILES string of the molecule is C=CCN(CC=C)C(=O)c1c(C)c(N)c(C)c(C(=O)N(CC=C)CC=C)c1C. The molecule has 0 aliphatic rings. The lowest BCUT2D eigenvalue weighted by molar-refractivity contribution is 0.0787. The Balaban J connectivity index is 3.65. The van der Waals surface area contributed by atoms with E-state index in [0.29, 0.717) is 59.7 Å². The quantitative estimate of drug-likeness (QED) is 0.495. The summed E-state index contributed by atoms with van der Waals surface area (Å²) in [5, 5.41) is 0. The number of amides is 2. The van der Waals surface area contributed by atoms with E-state index in [0.717, 1.165) is 0 Å². The lowest BCUT2D eigenvalue weighted by Crippen LogP contribution is -2.35. The van der Waals surface area contributed by atoms with E-state index < -0.39 is 0 Å². The minimum Gasteiger partial charge on any atom is -0.398 e. The fourth-order valence-corrected chi connectivity index (χ4v) is 3.30. The summed E-state index contributed by atoms with van der Waals surface area (Å²) in [5.41, 5.74) is 9.63. The Hall–Kier alpha value is -3.08. The van der Waals surface area contributed by atoms with Crippen molar-refractivity contribution in [2.24, 2.45) is 0 Å². The van der Waals surface area contributed by atoms with Gasteiger partial charge < -0.3 is 15.5 Å². The van der Waals surface area contributed by atoms with Crippen LogP contribution in [-0.4, -0.2) is 47.8 Å². The number of hydrogen-bond donors (Lipinski definition) is 1. The van der Waals surface area contributed by atoms with Gasteiger partial charge in [0, 0.05) is 43.0 Å². The lowest BCUT2D eigenvalue weighted by atomic mass is 9.89. The Bertz CT molecular complexity index is 726. The lowest BCUT2D eigenvalue weighted by Gasteiger charge is -2.27. The van der Waals surface area contributed by atoms with E-state index in [1.54, 1.807) is 41.0 Å². The van der Waals surface area contributed by atoms with Crippen molar-refractivity contribution in [1.29, 1.82) is 0 Å². The molecule has 150 valence electrons. The normalized spacial score (nSPS) is 10.1. The molecule has 5 nitrogen and oxygen atoms in total. The van der Waals surface area contributed by atoms with E-state index in [-0.39, 0.29) is 11.8 Å². The van der Waals surface area contributed by atoms with Gasteiger partial charge >= 0.3 is 0 Å². The monoisotopic (exact) mass is 381 g/mol. The van der Waals surface area contributed by atoms with Crippen molar-refractivity contribution >= 4 is 17.5 Å². The maximum atomic E-state index is 13.2. The second kappa shape index (κ2) is 10.3. The first-order valence-electron chi connectivity index (χ1n) is 9.18. The summed E-state index contributed by atoms with van der Waals surface area (Å²) in [5.74, 6) is -0.399. The zero-order valence-corrected chi connectivity index (χ0v) is 17.3. The van der Waals surface area contributed by atoms with E-state index in [9.17, 15) is 9.59 Å². The molecular weight excluding hydrogens is 350 g/mol. The van der Waals surface area contributed by atoms with Gasteiger partial charge in [-0.05, 0) is 37.5 Å². The first-order chi connectivity index (χ1) is 13.3. The van der Waals surface area contributed by atoms with Crippen molar-refractivity contribution in [3.8, 4) is 0 Å². The number of hydrogen-bond acceptors (Lipinski definition) is 3. The summed E-state index contributed by atoms with van der Waals surface area (Å²) in [6.07, 6.45) is 6.63. The smallest absolute Gasteiger partial charge is 0.255 e. The minimum absolute atomic E-state index is 0.199. The van der Waals surface area contributed by atoms with Crippen molar-refractivity contribution in [1.82, 2.24) is 9.80 Å². The van der Waals surface area contributed by atoms with E-state index in [1.807, 2.05) is 13.8 Å². The summed E-state index contributed by atoms with van der Waals surface area (Å²) in [4.78, 5) is 29.7. The van der Waals surface area contributed by atoms with Crippen LogP contribution in [-0.2, 0) is 0 Å². The van der Waals surface area contributed by atoms with Crippen molar-refractivity contribution < 1.29 is 9.59 Å². The van der Waals surface area contributed by atoms with Crippen LogP contribution >= 0.6 is 0 Å². The van der Waals surface area contributed by atoms with Gasteiger partial charge in [0.25, 0.3) is 11.8 Å².